The largest absolute Gasteiger partial charge is 0.490 e. The van der Waals surface area contributed by atoms with Gasteiger partial charge in [0.2, 0.25) is 5.91 Å². The maximum Gasteiger partial charge on any atom is 0.249 e. The summed E-state index contributed by atoms with van der Waals surface area (Å²) in [6.07, 6.45) is 3.30. The Kier molecular flexibility index (Phi) is 7.24. The highest BCUT2D eigenvalue weighted by molar-refractivity contribution is 5.78. The summed E-state index contributed by atoms with van der Waals surface area (Å²) in [5, 5.41) is 5.69. The number of benzene rings is 2. The van der Waals surface area contributed by atoms with Crippen molar-refractivity contribution < 1.29 is 27.5 Å². The minimum Gasteiger partial charge on any atom is -0.490 e. The van der Waals surface area contributed by atoms with Crippen LogP contribution < -0.4 is 4.74 Å². The van der Waals surface area contributed by atoms with E-state index in [9.17, 15) is 18.0 Å². The molecule has 0 unspecified atom stereocenters. The van der Waals surface area contributed by atoms with Gasteiger partial charge in [-0.1, -0.05) is 0 Å². The minimum atomic E-state index is -0.674. The molecule has 1 saturated heterocycles. The molecule has 3 aromatic rings. The Morgan fingerprint density at radius 1 is 1.00 bits per heavy atom. The van der Waals surface area contributed by atoms with E-state index in [4.69, 9.17) is 9.57 Å². The SMILES string of the molecule is Cc1cc(C)n(-c2ccc(OC[C@H]3CC[C@H](C(=O)N4OCC[C@H]4c4cc(F)cc(F)c4)CC3)c(F)c2)n1. The summed E-state index contributed by atoms with van der Waals surface area (Å²) in [5.74, 6) is -1.78. The van der Waals surface area contributed by atoms with Crippen molar-refractivity contribution in [3.05, 3.63) is 76.9 Å². The van der Waals surface area contributed by atoms with E-state index in [-0.39, 0.29) is 23.5 Å². The first-order valence-corrected chi connectivity index (χ1v) is 12.7. The average molecular weight is 514 g/mol. The maximum absolute atomic E-state index is 14.7. The fourth-order valence-corrected chi connectivity index (χ4v) is 5.35. The van der Waals surface area contributed by atoms with Crippen LogP contribution in [0.15, 0.2) is 42.5 Å². The van der Waals surface area contributed by atoms with E-state index in [1.165, 1.54) is 23.3 Å². The predicted molar refractivity (Wildman–Crippen MR) is 130 cm³/mol. The summed E-state index contributed by atoms with van der Waals surface area (Å²) in [4.78, 5) is 18.8. The van der Waals surface area contributed by atoms with Crippen LogP contribution in [0.5, 0.6) is 5.75 Å². The molecule has 2 aromatic carbocycles. The third kappa shape index (κ3) is 5.51. The highest BCUT2D eigenvalue weighted by atomic mass is 19.1. The standard InChI is InChI=1S/C28H30F3N3O3/c1-17-11-18(2)33(32-17)24-7-8-27(25(31)15-24)36-16-19-3-5-20(6-4-19)28(35)34-26(9-10-37-34)21-12-22(29)14-23(30)13-21/h7-8,11-15,19-20,26H,3-6,9-10,16H2,1-2H3/t19-,20-,26-/m0/s1. The van der Waals surface area contributed by atoms with Crippen molar-refractivity contribution in [3.63, 3.8) is 0 Å². The number of nitrogens with zero attached hydrogens (tertiary/aromatic N) is 3. The monoisotopic (exact) mass is 513 g/mol. The van der Waals surface area contributed by atoms with Gasteiger partial charge in [0.05, 0.1) is 30.6 Å². The van der Waals surface area contributed by atoms with Gasteiger partial charge in [-0.3, -0.25) is 9.63 Å². The van der Waals surface area contributed by atoms with Crippen LogP contribution in [-0.4, -0.2) is 34.0 Å². The lowest BCUT2D eigenvalue weighted by Gasteiger charge is -2.32. The van der Waals surface area contributed by atoms with Crippen LogP contribution in [0.2, 0.25) is 0 Å². The van der Waals surface area contributed by atoms with Gasteiger partial charge in [-0.15, -0.1) is 0 Å². The summed E-state index contributed by atoms with van der Waals surface area (Å²) >= 11 is 0. The number of aromatic nitrogens is 2. The Hall–Kier alpha value is -3.33. The molecule has 1 aliphatic carbocycles. The lowest BCUT2D eigenvalue weighted by molar-refractivity contribution is -0.183. The number of carbonyl (C=O) groups excluding carboxylic acids is 1. The minimum absolute atomic E-state index is 0.155. The number of ether oxygens (including phenoxy) is 1. The van der Waals surface area contributed by atoms with Crippen LogP contribution in [0.4, 0.5) is 13.2 Å². The smallest absolute Gasteiger partial charge is 0.249 e. The van der Waals surface area contributed by atoms with Crippen molar-refractivity contribution in [1.82, 2.24) is 14.8 Å². The fourth-order valence-electron chi connectivity index (χ4n) is 5.35. The van der Waals surface area contributed by atoms with E-state index in [1.807, 2.05) is 19.9 Å². The highest BCUT2D eigenvalue weighted by Crippen LogP contribution is 2.37. The summed E-state index contributed by atoms with van der Waals surface area (Å²) in [6, 6.07) is 9.57. The number of amides is 1. The second kappa shape index (κ2) is 10.6. The number of rotatable bonds is 6. The Bertz CT molecular complexity index is 1270. The van der Waals surface area contributed by atoms with Crippen LogP contribution in [0.3, 0.4) is 0 Å². The number of carbonyl (C=O) groups is 1. The maximum atomic E-state index is 14.7. The summed E-state index contributed by atoms with van der Waals surface area (Å²) < 4.78 is 49.6. The summed E-state index contributed by atoms with van der Waals surface area (Å²) in [5.41, 5.74) is 2.82. The van der Waals surface area contributed by atoms with Crippen LogP contribution in [0.25, 0.3) is 5.69 Å². The molecular weight excluding hydrogens is 483 g/mol. The van der Waals surface area contributed by atoms with E-state index < -0.39 is 23.5 Å². The Labute approximate surface area is 213 Å². The van der Waals surface area contributed by atoms with E-state index >= 15 is 0 Å². The molecule has 0 spiro atoms. The first-order chi connectivity index (χ1) is 17.8. The van der Waals surface area contributed by atoms with Crippen LogP contribution >= 0.6 is 0 Å². The number of halogens is 3. The normalized spacial score (nSPS) is 21.9. The van der Waals surface area contributed by atoms with Crippen molar-refractivity contribution in [2.45, 2.75) is 52.0 Å². The molecule has 1 atom stereocenters. The molecule has 0 bridgehead atoms. The number of hydrogen-bond donors (Lipinski definition) is 0. The van der Waals surface area contributed by atoms with E-state index in [0.717, 1.165) is 30.3 Å². The molecule has 9 heteroatoms. The van der Waals surface area contributed by atoms with Crippen molar-refractivity contribution in [2.24, 2.45) is 11.8 Å². The zero-order valence-electron chi connectivity index (χ0n) is 20.9. The van der Waals surface area contributed by atoms with Crippen LogP contribution in [0, 0.1) is 43.1 Å². The Morgan fingerprint density at radius 3 is 2.38 bits per heavy atom. The topological polar surface area (TPSA) is 56.6 Å². The molecule has 196 valence electrons. The predicted octanol–water partition coefficient (Wildman–Crippen LogP) is 6.00. The first kappa shape index (κ1) is 25.3. The third-order valence-electron chi connectivity index (χ3n) is 7.23. The molecular formula is C28H30F3N3O3. The van der Waals surface area contributed by atoms with Gasteiger partial charge in [0.1, 0.15) is 11.6 Å². The van der Waals surface area contributed by atoms with Crippen molar-refractivity contribution in [2.75, 3.05) is 13.2 Å². The van der Waals surface area contributed by atoms with Crippen molar-refractivity contribution in [3.8, 4) is 11.4 Å². The molecule has 0 N–H and O–H groups in total. The second-order valence-electron chi connectivity index (χ2n) is 9.99. The van der Waals surface area contributed by atoms with E-state index in [0.29, 0.717) is 43.7 Å². The molecule has 2 heterocycles. The Morgan fingerprint density at radius 2 is 1.73 bits per heavy atom. The fraction of sp³-hybridized carbons (Fsp3) is 0.429. The van der Waals surface area contributed by atoms with E-state index in [1.54, 1.807) is 16.8 Å². The number of aryl methyl sites for hydroxylation is 2. The zero-order valence-corrected chi connectivity index (χ0v) is 20.9. The van der Waals surface area contributed by atoms with Crippen molar-refractivity contribution >= 4 is 5.91 Å². The second-order valence-corrected chi connectivity index (χ2v) is 9.99. The van der Waals surface area contributed by atoms with Gasteiger partial charge >= 0.3 is 0 Å². The van der Waals surface area contributed by atoms with Gasteiger partial charge < -0.3 is 4.74 Å². The molecule has 2 aliphatic rings. The van der Waals surface area contributed by atoms with Crippen molar-refractivity contribution in [1.29, 1.82) is 0 Å². The molecule has 2 fully saturated rings. The molecule has 6 nitrogen and oxygen atoms in total. The zero-order chi connectivity index (χ0) is 26.1. The average Bonchev–Trinajstić information content (AvgIpc) is 3.49. The molecule has 5 rings (SSSR count). The van der Waals surface area contributed by atoms with Gasteiger partial charge in [0.25, 0.3) is 0 Å². The van der Waals surface area contributed by atoms with Gasteiger partial charge in [0.15, 0.2) is 11.6 Å². The molecule has 1 saturated carbocycles. The van der Waals surface area contributed by atoms with Crippen LogP contribution in [0.1, 0.15) is 55.1 Å². The lowest BCUT2D eigenvalue weighted by atomic mass is 9.81. The molecule has 1 aliphatic heterocycles. The molecule has 0 radical (unpaired) electrons. The Balaban J connectivity index is 1.15. The van der Waals surface area contributed by atoms with Gasteiger partial charge in [-0.2, -0.15) is 5.10 Å². The number of hydrogen-bond acceptors (Lipinski definition) is 4. The molecule has 1 amide bonds. The quantitative estimate of drug-likeness (QED) is 0.406. The molecule has 1 aromatic heterocycles. The summed E-state index contributed by atoms with van der Waals surface area (Å²) in [7, 11) is 0. The first-order valence-electron chi connectivity index (χ1n) is 12.7. The van der Waals surface area contributed by atoms with Gasteiger partial charge in [0, 0.05) is 30.2 Å². The molecule has 37 heavy (non-hydrogen) atoms. The lowest BCUT2D eigenvalue weighted by Crippen LogP contribution is -2.37. The third-order valence-corrected chi connectivity index (χ3v) is 7.23. The van der Waals surface area contributed by atoms with Gasteiger partial charge in [-0.25, -0.2) is 22.9 Å². The van der Waals surface area contributed by atoms with Crippen LogP contribution in [-0.2, 0) is 9.63 Å². The van der Waals surface area contributed by atoms with Gasteiger partial charge in [-0.05, 0) is 81.3 Å². The number of hydroxylamine groups is 2. The summed E-state index contributed by atoms with van der Waals surface area (Å²) in [6.45, 7) is 4.49. The van der Waals surface area contributed by atoms with E-state index in [2.05, 4.69) is 5.10 Å². The highest BCUT2D eigenvalue weighted by Gasteiger charge is 2.37.